The van der Waals surface area contributed by atoms with E-state index in [-0.39, 0.29) is 0 Å². The van der Waals surface area contributed by atoms with E-state index in [1.54, 1.807) is 27.8 Å². The Bertz CT molecular complexity index is 595. The van der Waals surface area contributed by atoms with Gasteiger partial charge in [0.1, 0.15) is 9.57 Å². The van der Waals surface area contributed by atoms with E-state index >= 15 is 0 Å². The highest BCUT2D eigenvalue weighted by atomic mass is 32.9. The van der Waals surface area contributed by atoms with Crippen molar-refractivity contribution < 1.29 is 4.74 Å². The summed E-state index contributed by atoms with van der Waals surface area (Å²) < 4.78 is 6.33. The van der Waals surface area contributed by atoms with Gasteiger partial charge in [-0.3, -0.25) is 0 Å². The quantitative estimate of drug-likeness (QED) is 0.562. The van der Waals surface area contributed by atoms with Crippen LogP contribution < -0.4 is 4.74 Å². The molecule has 0 fully saturated rings. The summed E-state index contributed by atoms with van der Waals surface area (Å²) in [5.41, 5.74) is 4.11. The van der Waals surface area contributed by atoms with Crippen molar-refractivity contribution in [3.05, 3.63) is 33.1 Å². The van der Waals surface area contributed by atoms with Crippen LogP contribution in [0.2, 0.25) is 0 Å². The zero-order valence-electron chi connectivity index (χ0n) is 8.78. The minimum atomic E-state index is 0.945. The second-order valence-corrected chi connectivity index (χ2v) is 6.60. The van der Waals surface area contributed by atoms with Gasteiger partial charge < -0.3 is 4.74 Å². The molecule has 0 N–H and O–H groups in total. The number of hydrogen-bond acceptors (Lipinski definition) is 4. The molecular weight excluding hydrogens is 256 g/mol. The number of fused-ring (bicyclic) bond motifs is 3. The first kappa shape index (κ1) is 10.4. The summed E-state index contributed by atoms with van der Waals surface area (Å²) in [7, 11) is 5.24. The van der Waals surface area contributed by atoms with Gasteiger partial charge in [-0.1, -0.05) is 32.9 Å². The molecule has 0 unspecified atom stereocenters. The Morgan fingerprint density at radius 1 is 1.25 bits per heavy atom. The second kappa shape index (κ2) is 3.95. The Kier molecular flexibility index (Phi) is 2.58. The number of aryl methyl sites for hydroxylation is 1. The highest BCUT2D eigenvalue weighted by Gasteiger charge is 2.19. The molecule has 2 aromatic rings. The maximum absolute atomic E-state index is 5.35. The predicted octanol–water partition coefficient (Wildman–Crippen LogP) is 4.31. The lowest BCUT2D eigenvalue weighted by Crippen LogP contribution is -2.01. The maximum Gasteiger partial charge on any atom is 0.119 e. The first-order valence-corrected chi connectivity index (χ1v) is 7.64. The smallest absolute Gasteiger partial charge is 0.119 e. The molecule has 0 saturated heterocycles. The Hall–Kier alpha value is -0.710. The van der Waals surface area contributed by atoms with E-state index in [1.165, 1.54) is 21.6 Å². The lowest BCUT2D eigenvalue weighted by Gasteiger charge is -2.16. The number of hydrogen-bond donors (Lipinski definition) is 0. The zero-order valence-corrected chi connectivity index (χ0v) is 11.2. The van der Waals surface area contributed by atoms with Crippen molar-refractivity contribution in [1.29, 1.82) is 0 Å². The molecule has 1 heterocycles. The minimum Gasteiger partial charge on any atom is -0.497 e. The molecule has 1 nitrogen and oxygen atoms in total. The lowest BCUT2D eigenvalue weighted by atomic mass is 9.92. The van der Waals surface area contributed by atoms with E-state index in [9.17, 15) is 0 Å². The summed E-state index contributed by atoms with van der Waals surface area (Å²) in [5, 5.41) is 0. The maximum atomic E-state index is 5.35. The fraction of sp³-hybridized carbons (Fsp3) is 0.250. The van der Waals surface area contributed by atoms with Crippen molar-refractivity contribution >= 4 is 32.9 Å². The summed E-state index contributed by atoms with van der Waals surface area (Å²) in [6.45, 7) is 0. The predicted molar refractivity (Wildman–Crippen MR) is 72.4 cm³/mol. The molecule has 0 amide bonds. The molecule has 0 bridgehead atoms. The number of rotatable bonds is 1. The van der Waals surface area contributed by atoms with E-state index in [2.05, 4.69) is 12.1 Å². The number of methoxy groups -OCH3 is 1. The van der Waals surface area contributed by atoms with E-state index in [4.69, 9.17) is 17.0 Å². The van der Waals surface area contributed by atoms with Crippen molar-refractivity contribution in [2.45, 2.75) is 12.8 Å². The molecule has 0 spiro atoms. The van der Waals surface area contributed by atoms with E-state index in [0.717, 1.165) is 22.4 Å². The van der Waals surface area contributed by atoms with Crippen LogP contribution in [0.25, 0.3) is 10.4 Å². The molecule has 0 saturated carbocycles. The first-order valence-electron chi connectivity index (χ1n) is 5.09. The highest BCUT2D eigenvalue weighted by molar-refractivity contribution is 7.80. The molecule has 0 aliphatic heterocycles. The molecule has 1 aliphatic rings. The molecule has 0 radical (unpaired) electrons. The molecule has 3 rings (SSSR count). The van der Waals surface area contributed by atoms with Crippen LogP contribution in [-0.2, 0) is 12.8 Å². The number of benzene rings is 1. The van der Waals surface area contributed by atoms with E-state index < -0.39 is 0 Å². The largest absolute Gasteiger partial charge is 0.497 e. The van der Waals surface area contributed by atoms with Gasteiger partial charge in [-0.2, -0.15) is 0 Å². The molecule has 82 valence electrons. The average molecular weight is 266 g/mol. The molecule has 1 aromatic heterocycles. The fourth-order valence-corrected chi connectivity index (χ4v) is 5.13. The van der Waals surface area contributed by atoms with Crippen LogP contribution in [-0.4, -0.2) is 7.11 Å². The zero-order chi connectivity index (χ0) is 11.1. The van der Waals surface area contributed by atoms with E-state index in [0.29, 0.717) is 0 Å². The third-order valence-corrected chi connectivity index (χ3v) is 6.10. The van der Waals surface area contributed by atoms with Crippen molar-refractivity contribution in [3.8, 4) is 16.2 Å². The Balaban J connectivity index is 2.22. The van der Waals surface area contributed by atoms with Crippen LogP contribution >= 0.6 is 32.9 Å². The fourth-order valence-electron chi connectivity index (χ4n) is 2.08. The van der Waals surface area contributed by atoms with Gasteiger partial charge in [-0.25, -0.2) is 0 Å². The van der Waals surface area contributed by atoms with Crippen molar-refractivity contribution in [3.63, 3.8) is 0 Å². The molecule has 1 aromatic carbocycles. The normalized spacial score (nSPS) is 13.1. The molecular formula is C12H10OS3. The third-order valence-electron chi connectivity index (χ3n) is 2.92. The monoisotopic (exact) mass is 266 g/mol. The van der Waals surface area contributed by atoms with Gasteiger partial charge in [0.2, 0.25) is 0 Å². The van der Waals surface area contributed by atoms with Gasteiger partial charge in [0, 0.05) is 5.56 Å². The standard InChI is InChI=1S/C12H10OS3/c1-13-8-3-5-9-7(6-8)2-4-10-11(9)15-16-12(10)14/h3,5-6H,2,4H2,1H3. The van der Waals surface area contributed by atoms with Crippen LogP contribution in [0.5, 0.6) is 5.75 Å². The summed E-state index contributed by atoms with van der Waals surface area (Å²) >= 11 is 5.35. The van der Waals surface area contributed by atoms with Crippen molar-refractivity contribution in [2.75, 3.05) is 7.11 Å². The third kappa shape index (κ3) is 1.52. The molecule has 0 atom stereocenters. The van der Waals surface area contributed by atoms with Gasteiger partial charge in [0.15, 0.2) is 0 Å². The SMILES string of the molecule is COc1ccc2c(c1)CCc1c-2ssc1=S. The summed E-state index contributed by atoms with van der Waals surface area (Å²) in [5.74, 6) is 0.945. The average Bonchev–Trinajstić information content (AvgIpc) is 2.70. The first-order chi connectivity index (χ1) is 7.79. The number of ether oxygens (including phenoxy) is 1. The van der Waals surface area contributed by atoms with Crippen LogP contribution in [0, 0.1) is 3.82 Å². The summed E-state index contributed by atoms with van der Waals surface area (Å²) in [4.78, 5) is 1.37. The molecule has 4 heteroatoms. The van der Waals surface area contributed by atoms with Crippen molar-refractivity contribution in [2.24, 2.45) is 0 Å². The summed E-state index contributed by atoms with van der Waals surface area (Å²) in [6.07, 6.45) is 2.15. The van der Waals surface area contributed by atoms with Crippen molar-refractivity contribution in [1.82, 2.24) is 0 Å². The van der Waals surface area contributed by atoms with E-state index in [1.807, 2.05) is 6.07 Å². The summed E-state index contributed by atoms with van der Waals surface area (Å²) in [6, 6.07) is 6.33. The van der Waals surface area contributed by atoms with Crippen LogP contribution in [0.4, 0.5) is 0 Å². The van der Waals surface area contributed by atoms with Crippen LogP contribution in [0.1, 0.15) is 11.1 Å². The van der Waals surface area contributed by atoms with Gasteiger partial charge in [0.05, 0.1) is 12.0 Å². The molecule has 16 heavy (non-hydrogen) atoms. The van der Waals surface area contributed by atoms with Gasteiger partial charge in [-0.15, -0.1) is 0 Å². The van der Waals surface area contributed by atoms with Crippen LogP contribution in [0.3, 0.4) is 0 Å². The topological polar surface area (TPSA) is 9.23 Å². The Morgan fingerprint density at radius 2 is 2.12 bits per heavy atom. The van der Waals surface area contributed by atoms with Gasteiger partial charge >= 0.3 is 0 Å². The van der Waals surface area contributed by atoms with Gasteiger partial charge in [-0.05, 0) is 42.2 Å². The lowest BCUT2D eigenvalue weighted by molar-refractivity contribution is 0.414. The Morgan fingerprint density at radius 3 is 2.94 bits per heavy atom. The van der Waals surface area contributed by atoms with Gasteiger partial charge in [0.25, 0.3) is 0 Å². The molecule has 1 aliphatic carbocycles. The Labute approximate surface area is 107 Å². The second-order valence-electron chi connectivity index (χ2n) is 3.78. The highest BCUT2D eigenvalue weighted by Crippen LogP contribution is 2.41. The minimum absolute atomic E-state index is 0.945. The van der Waals surface area contributed by atoms with Crippen LogP contribution in [0.15, 0.2) is 18.2 Å².